The highest BCUT2D eigenvalue weighted by atomic mass is 15.0. The lowest BCUT2D eigenvalue weighted by molar-refractivity contribution is -0.686. The summed E-state index contributed by atoms with van der Waals surface area (Å²) in [5.74, 6) is 0. The number of aryl methyl sites for hydroxylation is 2. The zero-order valence-corrected chi connectivity index (χ0v) is 11.6. The van der Waals surface area contributed by atoms with Crippen molar-refractivity contribution in [3.63, 3.8) is 0 Å². The Morgan fingerprint density at radius 1 is 0.857 bits per heavy atom. The number of nitrogens with zero attached hydrogens (tertiary/aromatic N) is 1. The van der Waals surface area contributed by atoms with Crippen LogP contribution in [0.15, 0.2) is 60.8 Å². The zero-order chi connectivity index (χ0) is 13.8. The first kappa shape index (κ1) is 11.1. The average molecular weight is 271 g/mol. The molecule has 3 heterocycles. The molecule has 0 saturated heterocycles. The van der Waals surface area contributed by atoms with Crippen LogP contribution in [0.1, 0.15) is 5.56 Å². The van der Waals surface area contributed by atoms with Gasteiger partial charge in [-0.3, -0.25) is 0 Å². The molecule has 4 aromatic rings. The molecular weight excluding hydrogens is 256 g/mol. The van der Waals surface area contributed by atoms with Gasteiger partial charge >= 0.3 is 0 Å². The SMILES string of the molecule is c1ccc2c(c1)CC[n+]1ccc3c([nH]c4ccccc43)c1-2. The van der Waals surface area contributed by atoms with Gasteiger partial charge in [0.15, 0.2) is 12.7 Å². The molecule has 0 amide bonds. The lowest BCUT2D eigenvalue weighted by atomic mass is 9.96. The Bertz CT molecular complexity index is 995. The maximum atomic E-state index is 3.63. The predicted molar refractivity (Wildman–Crippen MR) is 85.1 cm³/mol. The van der Waals surface area contributed by atoms with E-state index in [-0.39, 0.29) is 0 Å². The van der Waals surface area contributed by atoms with Gasteiger partial charge in [-0.15, -0.1) is 0 Å². The van der Waals surface area contributed by atoms with Gasteiger partial charge in [0.25, 0.3) is 0 Å². The molecule has 0 fully saturated rings. The van der Waals surface area contributed by atoms with Gasteiger partial charge in [-0.05, 0) is 17.7 Å². The molecule has 21 heavy (non-hydrogen) atoms. The molecule has 0 radical (unpaired) electrons. The summed E-state index contributed by atoms with van der Waals surface area (Å²) in [5.41, 5.74) is 6.60. The van der Waals surface area contributed by atoms with Crippen molar-refractivity contribution in [3.8, 4) is 11.3 Å². The third-order valence-corrected chi connectivity index (χ3v) is 4.59. The molecule has 1 aliphatic heterocycles. The van der Waals surface area contributed by atoms with Crippen LogP contribution in [0.2, 0.25) is 0 Å². The van der Waals surface area contributed by atoms with Crippen molar-refractivity contribution >= 4 is 21.8 Å². The van der Waals surface area contributed by atoms with Gasteiger partial charge in [0.1, 0.15) is 5.52 Å². The molecule has 0 spiro atoms. The average Bonchev–Trinajstić information content (AvgIpc) is 2.93. The minimum atomic E-state index is 1.05. The monoisotopic (exact) mass is 271 g/mol. The molecule has 0 aliphatic carbocycles. The van der Waals surface area contributed by atoms with Gasteiger partial charge in [-0.2, -0.15) is 4.57 Å². The Morgan fingerprint density at radius 3 is 2.71 bits per heavy atom. The number of aromatic amines is 1. The van der Waals surface area contributed by atoms with E-state index in [4.69, 9.17) is 0 Å². The first-order valence-corrected chi connectivity index (χ1v) is 7.43. The van der Waals surface area contributed by atoms with E-state index in [0.717, 1.165) is 13.0 Å². The fourth-order valence-corrected chi connectivity index (χ4v) is 3.59. The highest BCUT2D eigenvalue weighted by Crippen LogP contribution is 2.33. The molecule has 1 aliphatic rings. The van der Waals surface area contributed by atoms with Gasteiger partial charge in [0, 0.05) is 28.8 Å². The summed E-state index contributed by atoms with van der Waals surface area (Å²) in [4.78, 5) is 3.63. The van der Waals surface area contributed by atoms with E-state index in [9.17, 15) is 0 Å². The van der Waals surface area contributed by atoms with Gasteiger partial charge < -0.3 is 4.98 Å². The van der Waals surface area contributed by atoms with Crippen LogP contribution in [-0.4, -0.2) is 4.98 Å². The van der Waals surface area contributed by atoms with Crippen LogP contribution in [0.5, 0.6) is 0 Å². The van der Waals surface area contributed by atoms with Crippen LogP contribution in [-0.2, 0) is 13.0 Å². The normalized spacial score (nSPS) is 13.3. The van der Waals surface area contributed by atoms with E-state index in [2.05, 4.69) is 70.3 Å². The number of pyridine rings is 1. The topological polar surface area (TPSA) is 19.7 Å². The molecule has 1 N–H and O–H groups in total. The zero-order valence-electron chi connectivity index (χ0n) is 11.6. The van der Waals surface area contributed by atoms with Crippen molar-refractivity contribution in [3.05, 3.63) is 66.4 Å². The largest absolute Gasteiger partial charge is 0.349 e. The molecule has 5 rings (SSSR count). The maximum absolute atomic E-state index is 3.63. The number of aromatic nitrogens is 2. The Balaban J connectivity index is 1.98. The van der Waals surface area contributed by atoms with Crippen molar-refractivity contribution in [2.24, 2.45) is 0 Å². The molecule has 0 saturated carbocycles. The quantitative estimate of drug-likeness (QED) is 0.469. The van der Waals surface area contributed by atoms with E-state index in [1.165, 1.54) is 38.6 Å². The van der Waals surface area contributed by atoms with Crippen molar-refractivity contribution in [2.75, 3.05) is 0 Å². The summed E-state index contributed by atoms with van der Waals surface area (Å²) in [7, 11) is 0. The summed E-state index contributed by atoms with van der Waals surface area (Å²) < 4.78 is 2.38. The second kappa shape index (κ2) is 3.95. The van der Waals surface area contributed by atoms with Crippen LogP contribution in [0, 0.1) is 0 Å². The van der Waals surface area contributed by atoms with Gasteiger partial charge in [-0.25, -0.2) is 0 Å². The summed E-state index contributed by atoms with van der Waals surface area (Å²) in [6.45, 7) is 1.05. The predicted octanol–water partition coefficient (Wildman–Crippen LogP) is 3.83. The van der Waals surface area contributed by atoms with Crippen LogP contribution in [0.3, 0.4) is 0 Å². The molecule has 100 valence electrons. The number of benzene rings is 2. The molecule has 2 nitrogen and oxygen atoms in total. The third kappa shape index (κ3) is 1.44. The lowest BCUT2D eigenvalue weighted by Crippen LogP contribution is -2.40. The van der Waals surface area contributed by atoms with Crippen LogP contribution in [0.4, 0.5) is 0 Å². The van der Waals surface area contributed by atoms with Crippen molar-refractivity contribution in [2.45, 2.75) is 13.0 Å². The molecule has 0 atom stereocenters. The minimum absolute atomic E-state index is 1.05. The number of fused-ring (bicyclic) bond motifs is 7. The van der Waals surface area contributed by atoms with E-state index in [1.807, 2.05) is 0 Å². The Hall–Kier alpha value is -2.61. The van der Waals surface area contributed by atoms with Crippen LogP contribution in [0.25, 0.3) is 33.1 Å². The van der Waals surface area contributed by atoms with E-state index in [1.54, 1.807) is 0 Å². The Kier molecular flexibility index (Phi) is 2.09. The lowest BCUT2D eigenvalue weighted by Gasteiger charge is -2.14. The van der Waals surface area contributed by atoms with E-state index in [0.29, 0.717) is 0 Å². The Morgan fingerprint density at radius 2 is 1.71 bits per heavy atom. The van der Waals surface area contributed by atoms with Crippen molar-refractivity contribution in [1.82, 2.24) is 4.98 Å². The second-order valence-electron chi connectivity index (χ2n) is 5.72. The van der Waals surface area contributed by atoms with Crippen molar-refractivity contribution < 1.29 is 4.57 Å². The molecule has 2 aromatic heterocycles. The van der Waals surface area contributed by atoms with Gasteiger partial charge in [0.2, 0.25) is 5.69 Å². The molecule has 0 unspecified atom stereocenters. The fraction of sp³-hybridized carbons (Fsp3) is 0.105. The molecule has 2 aromatic carbocycles. The first-order chi connectivity index (χ1) is 10.4. The number of nitrogens with one attached hydrogen (secondary N) is 1. The summed E-state index contributed by atoms with van der Waals surface area (Å²) >= 11 is 0. The third-order valence-electron chi connectivity index (χ3n) is 4.59. The van der Waals surface area contributed by atoms with Crippen LogP contribution >= 0.6 is 0 Å². The van der Waals surface area contributed by atoms with Gasteiger partial charge in [-0.1, -0.05) is 36.4 Å². The number of hydrogen-bond acceptors (Lipinski definition) is 0. The summed E-state index contributed by atoms with van der Waals surface area (Å²) in [6, 6.07) is 19.6. The number of rotatable bonds is 0. The Labute approximate surface area is 122 Å². The molecule has 2 heteroatoms. The van der Waals surface area contributed by atoms with Gasteiger partial charge in [0.05, 0.1) is 5.56 Å². The van der Waals surface area contributed by atoms with E-state index >= 15 is 0 Å². The number of para-hydroxylation sites is 1. The minimum Gasteiger partial charge on any atom is -0.349 e. The second-order valence-corrected chi connectivity index (χ2v) is 5.72. The highest BCUT2D eigenvalue weighted by molar-refractivity contribution is 6.10. The summed E-state index contributed by atoms with van der Waals surface area (Å²) in [6.07, 6.45) is 3.34. The summed E-state index contributed by atoms with van der Waals surface area (Å²) in [5, 5.41) is 2.62. The highest BCUT2D eigenvalue weighted by Gasteiger charge is 2.26. The van der Waals surface area contributed by atoms with Crippen molar-refractivity contribution in [1.29, 1.82) is 0 Å². The van der Waals surface area contributed by atoms with E-state index < -0.39 is 0 Å². The number of H-pyrrole nitrogens is 1. The number of hydrogen-bond donors (Lipinski definition) is 1. The molecule has 0 bridgehead atoms. The first-order valence-electron chi connectivity index (χ1n) is 7.43. The maximum Gasteiger partial charge on any atom is 0.237 e. The van der Waals surface area contributed by atoms with Crippen LogP contribution < -0.4 is 4.57 Å². The smallest absolute Gasteiger partial charge is 0.237 e. The standard InChI is InChI=1S/C19H14N2/c1-2-6-14-13(5-1)9-11-21-12-10-16-15-7-3-4-8-17(15)20-18(16)19(14)21/h1-8,10,12H,9,11H2/p+1. The molecular formula is C19H15N2+. The fourth-order valence-electron chi connectivity index (χ4n) is 3.59.